The van der Waals surface area contributed by atoms with Crippen molar-refractivity contribution >= 4 is 27.3 Å². The standard InChI is InChI=1S/C18H23ClN2O3S/c1-2-3-12-24-18-9-4-15(19)13-14(18)10-11-21-25(22,23)17-7-5-16(20)6-8-17/h4-9,13,21H,2-3,10-12,20H2,1H3. The first kappa shape index (κ1) is 19.6. The van der Waals surface area contributed by atoms with Gasteiger partial charge < -0.3 is 10.5 Å². The van der Waals surface area contributed by atoms with Gasteiger partial charge in [-0.2, -0.15) is 0 Å². The van der Waals surface area contributed by atoms with Crippen LogP contribution in [0.25, 0.3) is 0 Å². The minimum Gasteiger partial charge on any atom is -0.493 e. The van der Waals surface area contributed by atoms with Crippen LogP contribution in [0.3, 0.4) is 0 Å². The van der Waals surface area contributed by atoms with E-state index >= 15 is 0 Å². The molecular formula is C18H23ClN2O3S. The number of ether oxygens (including phenoxy) is 1. The van der Waals surface area contributed by atoms with Crippen LogP contribution in [0.1, 0.15) is 25.3 Å². The average molecular weight is 383 g/mol. The molecule has 25 heavy (non-hydrogen) atoms. The lowest BCUT2D eigenvalue weighted by atomic mass is 10.1. The normalized spacial score (nSPS) is 11.4. The summed E-state index contributed by atoms with van der Waals surface area (Å²) in [5, 5.41) is 0.597. The SMILES string of the molecule is CCCCOc1ccc(Cl)cc1CCNS(=O)(=O)c1ccc(N)cc1. The number of anilines is 1. The Morgan fingerprint density at radius 1 is 1.16 bits per heavy atom. The maximum absolute atomic E-state index is 12.3. The van der Waals surface area contributed by atoms with E-state index in [2.05, 4.69) is 11.6 Å². The van der Waals surface area contributed by atoms with Crippen molar-refractivity contribution in [2.45, 2.75) is 31.1 Å². The molecule has 0 aliphatic carbocycles. The molecule has 0 aliphatic heterocycles. The summed E-state index contributed by atoms with van der Waals surface area (Å²) in [6.07, 6.45) is 2.49. The highest BCUT2D eigenvalue weighted by molar-refractivity contribution is 7.89. The van der Waals surface area contributed by atoms with Crippen LogP contribution in [0, 0.1) is 0 Å². The van der Waals surface area contributed by atoms with Crippen LogP contribution in [0.2, 0.25) is 5.02 Å². The summed E-state index contributed by atoms with van der Waals surface area (Å²) < 4.78 is 32.9. The Bertz CT molecular complexity index is 792. The molecule has 0 saturated carbocycles. The van der Waals surface area contributed by atoms with Gasteiger partial charge in [0.15, 0.2) is 0 Å². The van der Waals surface area contributed by atoms with Gasteiger partial charge in [0.2, 0.25) is 10.0 Å². The number of nitrogens with two attached hydrogens (primary N) is 1. The van der Waals surface area contributed by atoms with Crippen LogP contribution >= 0.6 is 11.6 Å². The van der Waals surface area contributed by atoms with Crippen LogP contribution < -0.4 is 15.2 Å². The summed E-state index contributed by atoms with van der Waals surface area (Å²) in [5.41, 5.74) is 6.98. The first-order valence-electron chi connectivity index (χ1n) is 8.19. The summed E-state index contributed by atoms with van der Waals surface area (Å²) in [7, 11) is -3.57. The molecule has 2 rings (SSSR count). The number of sulfonamides is 1. The molecule has 0 spiro atoms. The van der Waals surface area contributed by atoms with E-state index in [0.29, 0.717) is 23.7 Å². The molecule has 0 radical (unpaired) electrons. The molecule has 5 nitrogen and oxygen atoms in total. The first-order chi connectivity index (χ1) is 11.9. The fourth-order valence-electron chi connectivity index (χ4n) is 2.26. The smallest absolute Gasteiger partial charge is 0.240 e. The predicted molar refractivity (Wildman–Crippen MR) is 102 cm³/mol. The third-order valence-electron chi connectivity index (χ3n) is 3.65. The van der Waals surface area contributed by atoms with E-state index in [4.69, 9.17) is 22.1 Å². The molecule has 0 heterocycles. The van der Waals surface area contributed by atoms with E-state index < -0.39 is 10.0 Å². The number of unbranched alkanes of at least 4 members (excludes halogenated alkanes) is 1. The Hall–Kier alpha value is -1.76. The minimum absolute atomic E-state index is 0.187. The zero-order chi connectivity index (χ0) is 18.3. The highest BCUT2D eigenvalue weighted by atomic mass is 35.5. The topological polar surface area (TPSA) is 81.4 Å². The first-order valence-corrected chi connectivity index (χ1v) is 10.0. The molecule has 0 atom stereocenters. The summed E-state index contributed by atoms with van der Waals surface area (Å²) in [5.74, 6) is 0.740. The summed E-state index contributed by atoms with van der Waals surface area (Å²) in [4.78, 5) is 0.187. The molecule has 2 aromatic carbocycles. The summed E-state index contributed by atoms with van der Waals surface area (Å²) in [6.45, 7) is 2.97. The number of halogens is 1. The quantitative estimate of drug-likeness (QED) is 0.512. The van der Waals surface area contributed by atoms with Gasteiger partial charge in [0.1, 0.15) is 5.75 Å². The van der Waals surface area contributed by atoms with Crippen molar-refractivity contribution in [2.24, 2.45) is 0 Å². The summed E-state index contributed by atoms with van der Waals surface area (Å²) in [6, 6.07) is 11.5. The van der Waals surface area contributed by atoms with Crippen molar-refractivity contribution in [3.05, 3.63) is 53.1 Å². The van der Waals surface area contributed by atoms with E-state index in [0.717, 1.165) is 24.2 Å². The van der Waals surface area contributed by atoms with Gasteiger partial charge in [-0.25, -0.2) is 13.1 Å². The molecule has 0 fully saturated rings. The summed E-state index contributed by atoms with van der Waals surface area (Å²) >= 11 is 6.05. The molecule has 0 aliphatic rings. The molecule has 0 aromatic heterocycles. The van der Waals surface area contributed by atoms with Crippen molar-refractivity contribution in [2.75, 3.05) is 18.9 Å². The highest BCUT2D eigenvalue weighted by Gasteiger charge is 2.14. The van der Waals surface area contributed by atoms with Crippen LogP contribution in [-0.4, -0.2) is 21.6 Å². The number of rotatable bonds is 9. The second-order valence-electron chi connectivity index (χ2n) is 5.67. The number of hydrogen-bond donors (Lipinski definition) is 2. The third kappa shape index (κ3) is 5.92. The van der Waals surface area contributed by atoms with Crippen molar-refractivity contribution in [3.8, 4) is 5.75 Å². The number of benzene rings is 2. The molecular weight excluding hydrogens is 360 g/mol. The average Bonchev–Trinajstić information content (AvgIpc) is 2.57. The lowest BCUT2D eigenvalue weighted by Gasteiger charge is -2.12. The Kier molecular flexibility index (Phi) is 7.11. The van der Waals surface area contributed by atoms with Gasteiger partial charge in [-0.05, 0) is 60.9 Å². The largest absolute Gasteiger partial charge is 0.493 e. The van der Waals surface area contributed by atoms with E-state index in [-0.39, 0.29) is 11.4 Å². The van der Waals surface area contributed by atoms with Crippen molar-refractivity contribution < 1.29 is 13.2 Å². The van der Waals surface area contributed by atoms with Crippen molar-refractivity contribution in [1.82, 2.24) is 4.72 Å². The molecule has 0 unspecified atom stereocenters. The zero-order valence-corrected chi connectivity index (χ0v) is 15.7. The Morgan fingerprint density at radius 2 is 1.88 bits per heavy atom. The number of hydrogen-bond acceptors (Lipinski definition) is 4. The van der Waals surface area contributed by atoms with Gasteiger partial charge in [0.25, 0.3) is 0 Å². The van der Waals surface area contributed by atoms with E-state index in [1.54, 1.807) is 24.3 Å². The van der Waals surface area contributed by atoms with Crippen molar-refractivity contribution in [1.29, 1.82) is 0 Å². The van der Waals surface area contributed by atoms with Gasteiger partial charge in [0.05, 0.1) is 11.5 Å². The second-order valence-corrected chi connectivity index (χ2v) is 7.87. The molecule has 136 valence electrons. The zero-order valence-electron chi connectivity index (χ0n) is 14.2. The fourth-order valence-corrected chi connectivity index (χ4v) is 3.49. The number of nitrogen functional groups attached to an aromatic ring is 1. The third-order valence-corrected chi connectivity index (χ3v) is 5.37. The van der Waals surface area contributed by atoms with Crippen LogP contribution in [-0.2, 0) is 16.4 Å². The van der Waals surface area contributed by atoms with Crippen molar-refractivity contribution in [3.63, 3.8) is 0 Å². The monoisotopic (exact) mass is 382 g/mol. The van der Waals surface area contributed by atoms with Crippen LogP contribution in [0.15, 0.2) is 47.4 Å². The Morgan fingerprint density at radius 3 is 2.56 bits per heavy atom. The van der Waals surface area contributed by atoms with Gasteiger partial charge >= 0.3 is 0 Å². The van der Waals surface area contributed by atoms with E-state index in [1.807, 2.05) is 6.07 Å². The maximum Gasteiger partial charge on any atom is 0.240 e. The second kappa shape index (κ2) is 9.08. The van der Waals surface area contributed by atoms with Gasteiger partial charge in [-0.15, -0.1) is 0 Å². The van der Waals surface area contributed by atoms with E-state index in [9.17, 15) is 8.42 Å². The lowest BCUT2D eigenvalue weighted by molar-refractivity contribution is 0.306. The van der Waals surface area contributed by atoms with Gasteiger partial charge in [-0.1, -0.05) is 24.9 Å². The maximum atomic E-state index is 12.3. The molecule has 0 amide bonds. The fraction of sp³-hybridized carbons (Fsp3) is 0.333. The molecule has 7 heteroatoms. The number of nitrogens with one attached hydrogen (secondary N) is 1. The van der Waals surface area contributed by atoms with Gasteiger partial charge in [-0.3, -0.25) is 0 Å². The van der Waals surface area contributed by atoms with E-state index in [1.165, 1.54) is 12.1 Å². The highest BCUT2D eigenvalue weighted by Crippen LogP contribution is 2.24. The minimum atomic E-state index is -3.57. The lowest BCUT2D eigenvalue weighted by Crippen LogP contribution is -2.26. The Labute approximate surface area is 154 Å². The molecule has 0 saturated heterocycles. The van der Waals surface area contributed by atoms with Crippen LogP contribution in [0.4, 0.5) is 5.69 Å². The van der Waals surface area contributed by atoms with Crippen LogP contribution in [0.5, 0.6) is 5.75 Å². The Balaban J connectivity index is 2.00. The molecule has 2 aromatic rings. The molecule has 0 bridgehead atoms. The molecule has 3 N–H and O–H groups in total. The van der Waals surface area contributed by atoms with Gasteiger partial charge in [0, 0.05) is 17.3 Å². The predicted octanol–water partition coefficient (Wildman–Crippen LogP) is 3.62.